The quantitative estimate of drug-likeness (QED) is 0.414. The summed E-state index contributed by atoms with van der Waals surface area (Å²) in [6.45, 7) is -0.393. The van der Waals surface area contributed by atoms with Crippen molar-refractivity contribution in [2.75, 3.05) is 24.3 Å². The molecule has 152 valence electrons. The molecule has 0 aliphatic carbocycles. The van der Waals surface area contributed by atoms with Gasteiger partial charge in [-0.15, -0.1) is 11.8 Å². The Bertz CT molecular complexity index is 914. The summed E-state index contributed by atoms with van der Waals surface area (Å²) in [6, 6.07) is 10.4. The Morgan fingerprint density at radius 1 is 1.24 bits per heavy atom. The minimum Gasteiger partial charge on any atom is -0.459 e. The van der Waals surface area contributed by atoms with E-state index in [9.17, 15) is 19.2 Å². The number of thioether (sulfide) groups is 1. The third-order valence-corrected chi connectivity index (χ3v) is 4.95. The molecule has 0 saturated carbocycles. The topological polar surface area (TPSA) is 118 Å². The lowest BCUT2D eigenvalue weighted by Crippen LogP contribution is -2.43. The SMILES string of the molecule is CSc1cccc(N2C[C@H](C(=O)OCC(=O)NNC(=O)c3ccco3)CC2=O)c1. The summed E-state index contributed by atoms with van der Waals surface area (Å²) in [6.07, 6.45) is 3.27. The fourth-order valence-electron chi connectivity index (χ4n) is 2.78. The van der Waals surface area contributed by atoms with E-state index in [-0.39, 0.29) is 24.6 Å². The first-order chi connectivity index (χ1) is 14.0. The summed E-state index contributed by atoms with van der Waals surface area (Å²) in [4.78, 5) is 50.5. The molecular formula is C19H19N3O6S. The zero-order chi connectivity index (χ0) is 20.8. The number of carbonyl (C=O) groups is 4. The fourth-order valence-corrected chi connectivity index (χ4v) is 3.23. The number of carbonyl (C=O) groups excluding carboxylic acids is 4. The number of hydrogen-bond acceptors (Lipinski definition) is 7. The number of ether oxygens (including phenoxy) is 1. The smallest absolute Gasteiger partial charge is 0.311 e. The Kier molecular flexibility index (Phi) is 6.55. The van der Waals surface area contributed by atoms with Gasteiger partial charge in [-0.1, -0.05) is 6.07 Å². The maximum atomic E-state index is 12.3. The number of hydrogen-bond donors (Lipinski definition) is 2. The van der Waals surface area contributed by atoms with Gasteiger partial charge in [0, 0.05) is 23.5 Å². The van der Waals surface area contributed by atoms with Crippen molar-refractivity contribution >= 4 is 41.1 Å². The van der Waals surface area contributed by atoms with Gasteiger partial charge in [0.15, 0.2) is 12.4 Å². The van der Waals surface area contributed by atoms with Crippen LogP contribution >= 0.6 is 11.8 Å². The van der Waals surface area contributed by atoms with Crippen LogP contribution in [0.15, 0.2) is 52.0 Å². The van der Waals surface area contributed by atoms with Crippen molar-refractivity contribution in [3.8, 4) is 0 Å². The first kappa shape index (κ1) is 20.5. The fraction of sp³-hybridized carbons (Fsp3) is 0.263. The Morgan fingerprint density at radius 3 is 2.79 bits per heavy atom. The summed E-state index contributed by atoms with van der Waals surface area (Å²) < 4.78 is 9.86. The van der Waals surface area contributed by atoms with E-state index in [1.807, 2.05) is 24.5 Å². The lowest BCUT2D eigenvalue weighted by molar-refractivity contribution is -0.152. The van der Waals surface area contributed by atoms with Crippen molar-refractivity contribution in [2.24, 2.45) is 5.92 Å². The first-order valence-electron chi connectivity index (χ1n) is 8.71. The van der Waals surface area contributed by atoms with Crippen LogP contribution < -0.4 is 15.8 Å². The van der Waals surface area contributed by atoms with Crippen molar-refractivity contribution in [1.82, 2.24) is 10.9 Å². The van der Waals surface area contributed by atoms with E-state index in [2.05, 4.69) is 10.9 Å². The third-order valence-electron chi connectivity index (χ3n) is 4.23. The number of hydrazine groups is 1. The zero-order valence-electron chi connectivity index (χ0n) is 15.5. The van der Waals surface area contributed by atoms with Crippen molar-refractivity contribution in [3.05, 3.63) is 48.4 Å². The molecule has 0 radical (unpaired) electrons. The summed E-state index contributed by atoms with van der Waals surface area (Å²) in [7, 11) is 0. The van der Waals surface area contributed by atoms with Crippen LogP contribution in [0, 0.1) is 5.92 Å². The number of esters is 1. The molecule has 10 heteroatoms. The molecule has 1 saturated heterocycles. The molecule has 3 amide bonds. The molecular weight excluding hydrogens is 398 g/mol. The van der Waals surface area contributed by atoms with E-state index >= 15 is 0 Å². The Hall–Kier alpha value is -3.27. The number of nitrogens with one attached hydrogen (secondary N) is 2. The van der Waals surface area contributed by atoms with Crippen LogP contribution in [0.25, 0.3) is 0 Å². The standard InChI is InChI=1S/C19H19N3O6S/c1-29-14-5-2-4-13(9-14)22-10-12(8-17(22)24)19(26)28-11-16(23)20-21-18(25)15-6-3-7-27-15/h2-7,9,12H,8,10-11H2,1H3,(H,20,23)(H,21,25)/t12-/m1/s1. The van der Waals surface area contributed by atoms with Gasteiger partial charge in [0.1, 0.15) is 0 Å². The van der Waals surface area contributed by atoms with Crippen molar-refractivity contribution in [2.45, 2.75) is 11.3 Å². The summed E-state index contributed by atoms with van der Waals surface area (Å²) in [5.41, 5.74) is 4.97. The van der Waals surface area contributed by atoms with Crippen LogP contribution in [0.3, 0.4) is 0 Å². The van der Waals surface area contributed by atoms with Gasteiger partial charge in [-0.05, 0) is 36.6 Å². The van der Waals surface area contributed by atoms with E-state index in [4.69, 9.17) is 9.15 Å². The van der Waals surface area contributed by atoms with Crippen LogP contribution in [0.5, 0.6) is 0 Å². The first-order valence-corrected chi connectivity index (χ1v) is 9.94. The van der Waals surface area contributed by atoms with Crippen LogP contribution in [-0.4, -0.2) is 43.1 Å². The predicted octanol–water partition coefficient (Wildman–Crippen LogP) is 1.36. The maximum Gasteiger partial charge on any atom is 0.311 e. The van der Waals surface area contributed by atoms with Crippen LogP contribution in [-0.2, 0) is 19.1 Å². The highest BCUT2D eigenvalue weighted by molar-refractivity contribution is 7.98. The van der Waals surface area contributed by atoms with E-state index in [1.54, 1.807) is 17.8 Å². The molecule has 1 aromatic carbocycles. The van der Waals surface area contributed by atoms with Crippen LogP contribution in [0.4, 0.5) is 5.69 Å². The van der Waals surface area contributed by atoms with Gasteiger partial charge in [0.2, 0.25) is 5.91 Å². The van der Waals surface area contributed by atoms with E-state index in [0.29, 0.717) is 0 Å². The molecule has 1 aliphatic rings. The predicted molar refractivity (Wildman–Crippen MR) is 104 cm³/mol. The molecule has 29 heavy (non-hydrogen) atoms. The molecule has 1 aliphatic heterocycles. The average molecular weight is 417 g/mol. The van der Waals surface area contributed by atoms with Gasteiger partial charge in [-0.2, -0.15) is 0 Å². The number of furan rings is 1. The highest BCUT2D eigenvalue weighted by atomic mass is 32.2. The minimum atomic E-state index is -0.716. The highest BCUT2D eigenvalue weighted by Crippen LogP contribution is 2.28. The molecule has 0 unspecified atom stereocenters. The summed E-state index contributed by atoms with van der Waals surface area (Å²) in [5.74, 6) is -2.82. The van der Waals surface area contributed by atoms with E-state index < -0.39 is 30.3 Å². The van der Waals surface area contributed by atoms with Crippen molar-refractivity contribution < 1.29 is 28.3 Å². The summed E-state index contributed by atoms with van der Waals surface area (Å²) in [5, 5.41) is 0. The van der Waals surface area contributed by atoms with Gasteiger partial charge in [-0.25, -0.2) is 0 Å². The second-order valence-corrected chi connectivity index (χ2v) is 7.07. The number of nitrogens with zero attached hydrogens (tertiary/aromatic N) is 1. The molecule has 9 nitrogen and oxygen atoms in total. The monoisotopic (exact) mass is 417 g/mol. The molecule has 1 atom stereocenters. The zero-order valence-corrected chi connectivity index (χ0v) is 16.4. The molecule has 2 N–H and O–H groups in total. The number of amides is 3. The van der Waals surface area contributed by atoms with Crippen LogP contribution in [0.1, 0.15) is 17.0 Å². The molecule has 0 spiro atoms. The van der Waals surface area contributed by atoms with Crippen LogP contribution in [0.2, 0.25) is 0 Å². The maximum absolute atomic E-state index is 12.3. The normalized spacial score (nSPS) is 15.8. The van der Waals surface area contributed by atoms with Gasteiger partial charge < -0.3 is 14.1 Å². The molecule has 0 bridgehead atoms. The van der Waals surface area contributed by atoms with Crippen molar-refractivity contribution in [3.63, 3.8) is 0 Å². The van der Waals surface area contributed by atoms with E-state index in [1.165, 1.54) is 23.3 Å². The third kappa shape index (κ3) is 5.17. The van der Waals surface area contributed by atoms with E-state index in [0.717, 1.165) is 10.6 Å². The minimum absolute atomic E-state index is 0.0131. The highest BCUT2D eigenvalue weighted by Gasteiger charge is 2.36. The van der Waals surface area contributed by atoms with Gasteiger partial charge in [0.25, 0.3) is 5.91 Å². The van der Waals surface area contributed by atoms with Gasteiger partial charge in [0.05, 0.1) is 12.2 Å². The van der Waals surface area contributed by atoms with Crippen molar-refractivity contribution in [1.29, 1.82) is 0 Å². The lowest BCUT2D eigenvalue weighted by Gasteiger charge is -2.17. The molecule has 1 aromatic heterocycles. The number of rotatable bonds is 6. The molecule has 3 rings (SSSR count). The second kappa shape index (κ2) is 9.28. The second-order valence-electron chi connectivity index (χ2n) is 6.19. The Morgan fingerprint density at radius 2 is 2.07 bits per heavy atom. The number of benzene rings is 1. The lowest BCUT2D eigenvalue weighted by atomic mass is 10.1. The molecule has 2 aromatic rings. The van der Waals surface area contributed by atoms with Gasteiger partial charge >= 0.3 is 11.9 Å². The Labute approximate surface area is 170 Å². The largest absolute Gasteiger partial charge is 0.459 e. The summed E-state index contributed by atoms with van der Waals surface area (Å²) >= 11 is 1.56. The Balaban J connectivity index is 1.46. The molecule has 2 heterocycles. The number of anilines is 1. The van der Waals surface area contributed by atoms with Gasteiger partial charge in [-0.3, -0.25) is 30.0 Å². The molecule has 1 fully saturated rings. The average Bonchev–Trinajstić information content (AvgIpc) is 3.40.